The second-order valence-corrected chi connectivity index (χ2v) is 7.36. The average Bonchev–Trinajstić information content (AvgIpc) is 3.47. The van der Waals surface area contributed by atoms with Crippen molar-refractivity contribution >= 4 is 21.8 Å². The Labute approximate surface area is 157 Å². The zero-order valence-corrected chi connectivity index (χ0v) is 16.2. The summed E-state index contributed by atoms with van der Waals surface area (Å²) in [5.41, 5.74) is 3.20. The maximum atomic E-state index is 12.7. The number of rotatable bonds is 7. The second-order valence-electron chi connectivity index (χ2n) is 6.44. The molecule has 1 aliphatic rings. The summed E-state index contributed by atoms with van der Waals surface area (Å²) in [5, 5.41) is 3.05. The van der Waals surface area contributed by atoms with Gasteiger partial charge in [0, 0.05) is 22.8 Å². The Hall–Kier alpha value is -1.88. The molecule has 0 saturated heterocycles. The molecule has 1 atom stereocenters. The molecule has 1 N–H and O–H groups in total. The van der Waals surface area contributed by atoms with E-state index in [2.05, 4.69) is 32.3 Å². The molecule has 1 amide bonds. The number of amides is 1. The minimum atomic E-state index is -0.154. The fraction of sp³-hybridized carbons (Fsp3) is 0.400. The summed E-state index contributed by atoms with van der Waals surface area (Å²) in [6.45, 7) is 2.46. The monoisotopic (exact) mass is 402 g/mol. The summed E-state index contributed by atoms with van der Waals surface area (Å²) in [5.74, 6) is 1.09. The molecule has 1 aromatic carbocycles. The summed E-state index contributed by atoms with van der Waals surface area (Å²) in [4.78, 5) is 17.1. The lowest BCUT2D eigenvalue weighted by Crippen LogP contribution is -2.29. The number of nitrogens with zero attached hydrogens (tertiary/aromatic N) is 1. The first kappa shape index (κ1) is 17.9. The third kappa shape index (κ3) is 4.40. The van der Waals surface area contributed by atoms with Crippen molar-refractivity contribution in [1.29, 1.82) is 0 Å². The van der Waals surface area contributed by atoms with E-state index in [1.54, 1.807) is 7.11 Å². The van der Waals surface area contributed by atoms with Crippen molar-refractivity contribution < 1.29 is 9.53 Å². The van der Waals surface area contributed by atoms with Crippen molar-refractivity contribution in [1.82, 2.24) is 10.3 Å². The van der Waals surface area contributed by atoms with Gasteiger partial charge in [0.2, 0.25) is 11.8 Å². The number of hydrogen-bond donors (Lipinski definition) is 1. The SMILES string of the molecule is CC[C@H](C(=O)NCc1cc(C2CC2)cnc1OC)c1ccc(Br)cc1. The first-order valence-electron chi connectivity index (χ1n) is 8.68. The van der Waals surface area contributed by atoms with E-state index in [9.17, 15) is 4.79 Å². The molecular weight excluding hydrogens is 380 g/mol. The van der Waals surface area contributed by atoms with Gasteiger partial charge in [0.25, 0.3) is 0 Å². The summed E-state index contributed by atoms with van der Waals surface area (Å²) in [6, 6.07) is 10.0. The van der Waals surface area contributed by atoms with Gasteiger partial charge in [-0.15, -0.1) is 0 Å². The predicted molar refractivity (Wildman–Crippen MR) is 102 cm³/mol. The smallest absolute Gasteiger partial charge is 0.227 e. The Morgan fingerprint density at radius 3 is 2.68 bits per heavy atom. The van der Waals surface area contributed by atoms with Gasteiger partial charge >= 0.3 is 0 Å². The number of hydrogen-bond acceptors (Lipinski definition) is 3. The quantitative estimate of drug-likeness (QED) is 0.739. The van der Waals surface area contributed by atoms with Gasteiger partial charge in [-0.2, -0.15) is 0 Å². The first-order valence-corrected chi connectivity index (χ1v) is 9.47. The molecule has 0 spiro atoms. The lowest BCUT2D eigenvalue weighted by atomic mass is 9.95. The van der Waals surface area contributed by atoms with Crippen LogP contribution in [0.1, 0.15) is 54.7 Å². The minimum Gasteiger partial charge on any atom is -0.481 e. The van der Waals surface area contributed by atoms with Crippen molar-refractivity contribution in [3.05, 3.63) is 57.7 Å². The number of nitrogens with one attached hydrogen (secondary N) is 1. The van der Waals surface area contributed by atoms with Gasteiger partial charge in [-0.3, -0.25) is 4.79 Å². The van der Waals surface area contributed by atoms with Crippen LogP contribution in [0.15, 0.2) is 41.0 Å². The van der Waals surface area contributed by atoms with E-state index in [0.717, 1.165) is 22.0 Å². The predicted octanol–water partition coefficient (Wildman–Crippen LogP) is 4.54. The molecule has 1 fully saturated rings. The van der Waals surface area contributed by atoms with E-state index >= 15 is 0 Å². The number of benzene rings is 1. The Bertz CT molecular complexity index is 742. The molecule has 0 radical (unpaired) electrons. The van der Waals surface area contributed by atoms with Crippen LogP contribution in [0, 0.1) is 0 Å². The van der Waals surface area contributed by atoms with Gasteiger partial charge in [0.1, 0.15) is 0 Å². The van der Waals surface area contributed by atoms with Crippen LogP contribution in [0.4, 0.5) is 0 Å². The molecular formula is C20H23BrN2O2. The van der Waals surface area contributed by atoms with Crippen LogP contribution in [0.3, 0.4) is 0 Å². The number of carbonyl (C=O) groups excluding carboxylic acids is 1. The molecule has 132 valence electrons. The summed E-state index contributed by atoms with van der Waals surface area (Å²) >= 11 is 3.43. The largest absolute Gasteiger partial charge is 0.481 e. The Morgan fingerprint density at radius 1 is 1.36 bits per heavy atom. The highest BCUT2D eigenvalue weighted by atomic mass is 79.9. The summed E-state index contributed by atoms with van der Waals surface area (Å²) in [7, 11) is 1.61. The lowest BCUT2D eigenvalue weighted by molar-refractivity contribution is -0.122. The molecule has 1 heterocycles. The van der Waals surface area contributed by atoms with Crippen LogP contribution >= 0.6 is 15.9 Å². The molecule has 1 aliphatic carbocycles. The van der Waals surface area contributed by atoms with Gasteiger partial charge in [0.05, 0.1) is 13.0 Å². The number of pyridine rings is 1. The van der Waals surface area contributed by atoms with Crippen LogP contribution in [0.25, 0.3) is 0 Å². The Morgan fingerprint density at radius 2 is 2.08 bits per heavy atom. The first-order chi connectivity index (χ1) is 12.1. The number of halogens is 1. The molecule has 4 nitrogen and oxygen atoms in total. The van der Waals surface area contributed by atoms with E-state index in [4.69, 9.17) is 4.74 Å². The normalized spacial score (nSPS) is 14.8. The van der Waals surface area contributed by atoms with E-state index < -0.39 is 0 Å². The van der Waals surface area contributed by atoms with Crippen molar-refractivity contribution in [2.75, 3.05) is 7.11 Å². The number of ether oxygens (including phenoxy) is 1. The van der Waals surface area contributed by atoms with Gasteiger partial charge in [-0.1, -0.05) is 35.0 Å². The Balaban J connectivity index is 1.70. The van der Waals surface area contributed by atoms with E-state index in [-0.39, 0.29) is 11.8 Å². The topological polar surface area (TPSA) is 51.2 Å². The van der Waals surface area contributed by atoms with E-state index in [1.165, 1.54) is 18.4 Å². The highest BCUT2D eigenvalue weighted by Gasteiger charge is 2.25. The van der Waals surface area contributed by atoms with Crippen LogP contribution in [0.2, 0.25) is 0 Å². The highest BCUT2D eigenvalue weighted by molar-refractivity contribution is 9.10. The third-order valence-electron chi connectivity index (χ3n) is 4.64. The third-order valence-corrected chi connectivity index (χ3v) is 5.17. The fourth-order valence-corrected chi connectivity index (χ4v) is 3.30. The maximum absolute atomic E-state index is 12.7. The highest BCUT2D eigenvalue weighted by Crippen LogP contribution is 2.40. The van der Waals surface area contributed by atoms with E-state index in [1.807, 2.05) is 37.4 Å². The molecule has 3 rings (SSSR count). The number of methoxy groups -OCH3 is 1. The zero-order chi connectivity index (χ0) is 17.8. The van der Waals surface area contributed by atoms with Crippen LogP contribution in [0.5, 0.6) is 5.88 Å². The van der Waals surface area contributed by atoms with Crippen molar-refractivity contribution in [2.24, 2.45) is 0 Å². The molecule has 0 aliphatic heterocycles. The van der Waals surface area contributed by atoms with Gasteiger partial charge in [-0.05, 0) is 54.5 Å². The number of aromatic nitrogens is 1. The van der Waals surface area contributed by atoms with E-state index in [0.29, 0.717) is 18.3 Å². The number of carbonyl (C=O) groups is 1. The zero-order valence-electron chi connectivity index (χ0n) is 14.6. The van der Waals surface area contributed by atoms with Crippen LogP contribution in [-0.2, 0) is 11.3 Å². The molecule has 2 aromatic rings. The van der Waals surface area contributed by atoms with Crippen molar-refractivity contribution in [3.63, 3.8) is 0 Å². The average molecular weight is 403 g/mol. The van der Waals surface area contributed by atoms with Gasteiger partial charge in [-0.25, -0.2) is 4.98 Å². The van der Waals surface area contributed by atoms with Crippen LogP contribution < -0.4 is 10.1 Å². The second kappa shape index (κ2) is 8.00. The maximum Gasteiger partial charge on any atom is 0.227 e. The fourth-order valence-electron chi connectivity index (χ4n) is 3.04. The molecule has 0 bridgehead atoms. The molecule has 25 heavy (non-hydrogen) atoms. The molecule has 1 aromatic heterocycles. The standard InChI is InChI=1S/C20H23BrN2O2/c1-3-18(14-6-8-17(21)9-7-14)19(24)22-12-16-10-15(13-4-5-13)11-23-20(16)25-2/h6-11,13,18H,3-5,12H2,1-2H3,(H,22,24)/t18-/m0/s1. The van der Waals surface area contributed by atoms with Gasteiger partial charge in [0.15, 0.2) is 0 Å². The molecule has 0 unspecified atom stereocenters. The van der Waals surface area contributed by atoms with Gasteiger partial charge < -0.3 is 10.1 Å². The van der Waals surface area contributed by atoms with Crippen molar-refractivity contribution in [3.8, 4) is 5.88 Å². The molecule has 1 saturated carbocycles. The summed E-state index contributed by atoms with van der Waals surface area (Å²) in [6.07, 6.45) is 5.09. The van der Waals surface area contributed by atoms with Crippen LogP contribution in [-0.4, -0.2) is 18.0 Å². The lowest BCUT2D eigenvalue weighted by Gasteiger charge is -2.16. The molecule has 5 heteroatoms. The van der Waals surface area contributed by atoms with Crippen molar-refractivity contribution in [2.45, 2.75) is 44.6 Å². The minimum absolute atomic E-state index is 0.0312. The Kier molecular flexibility index (Phi) is 5.74. The summed E-state index contributed by atoms with van der Waals surface area (Å²) < 4.78 is 6.36.